The smallest absolute Gasteiger partial charge is 0.0998 e. The van der Waals surface area contributed by atoms with Crippen LogP contribution in [0.5, 0.6) is 0 Å². The van der Waals surface area contributed by atoms with Crippen LogP contribution in [-0.2, 0) is 0 Å². The summed E-state index contributed by atoms with van der Waals surface area (Å²) in [5.41, 5.74) is 11.4. The molecule has 2 heterocycles. The quantitative estimate of drug-likeness (QED) is 0.193. The van der Waals surface area contributed by atoms with Crippen LogP contribution in [0.3, 0.4) is 0 Å². The summed E-state index contributed by atoms with van der Waals surface area (Å²) in [7, 11) is 0. The minimum Gasteiger partial charge on any atom is -0.309 e. The molecule has 0 aliphatic rings. The summed E-state index contributed by atoms with van der Waals surface area (Å²) in [6.45, 7) is 0. The Hall–Kier alpha value is -7.39. The molecule has 9 rings (SSSR count). The van der Waals surface area contributed by atoms with Crippen molar-refractivity contribution in [1.29, 1.82) is 15.8 Å². The molecule has 50 heavy (non-hydrogen) atoms. The second kappa shape index (κ2) is 11.4. The molecule has 0 fully saturated rings. The van der Waals surface area contributed by atoms with Gasteiger partial charge in [0, 0.05) is 38.4 Å². The Balaban J connectivity index is 1.26. The summed E-state index contributed by atoms with van der Waals surface area (Å²) in [5.74, 6) is 0. The molecular weight excluding hydrogens is 611 g/mol. The van der Waals surface area contributed by atoms with E-state index in [4.69, 9.17) is 0 Å². The molecule has 0 bridgehead atoms. The molecule has 0 atom stereocenters. The van der Waals surface area contributed by atoms with Crippen LogP contribution < -0.4 is 0 Å². The lowest BCUT2D eigenvalue weighted by atomic mass is 9.90. The van der Waals surface area contributed by atoms with E-state index in [0.717, 1.165) is 66.5 Å². The molecule has 0 aliphatic carbocycles. The summed E-state index contributed by atoms with van der Waals surface area (Å²) in [6.07, 6.45) is 0. The molecule has 5 heteroatoms. The van der Waals surface area contributed by atoms with Crippen molar-refractivity contribution in [3.05, 3.63) is 168 Å². The first-order valence-electron chi connectivity index (χ1n) is 16.3. The molecule has 0 saturated heterocycles. The van der Waals surface area contributed by atoms with Crippen LogP contribution in [0, 0.1) is 34.0 Å². The van der Waals surface area contributed by atoms with Gasteiger partial charge in [-0.2, -0.15) is 15.8 Å². The Morgan fingerprint density at radius 3 is 1.72 bits per heavy atom. The Bertz CT molecular complexity index is 2900. The van der Waals surface area contributed by atoms with Crippen LogP contribution >= 0.6 is 0 Å². The predicted octanol–water partition coefficient (Wildman–Crippen LogP) is 10.8. The fourth-order valence-corrected chi connectivity index (χ4v) is 7.47. The number of hydrogen-bond acceptors (Lipinski definition) is 3. The van der Waals surface area contributed by atoms with Crippen LogP contribution in [0.2, 0.25) is 0 Å². The van der Waals surface area contributed by atoms with Crippen LogP contribution in [0.1, 0.15) is 16.7 Å². The molecular formula is C45H25N5. The van der Waals surface area contributed by atoms with E-state index in [1.54, 1.807) is 0 Å². The number of aromatic nitrogens is 2. The van der Waals surface area contributed by atoms with E-state index >= 15 is 0 Å². The second-order valence-electron chi connectivity index (χ2n) is 12.3. The Labute approximate surface area is 287 Å². The van der Waals surface area contributed by atoms with Gasteiger partial charge in [0.05, 0.1) is 62.7 Å². The number of nitriles is 3. The van der Waals surface area contributed by atoms with Crippen LogP contribution in [0.15, 0.2) is 152 Å². The van der Waals surface area contributed by atoms with Gasteiger partial charge in [-0.3, -0.25) is 0 Å². The summed E-state index contributed by atoms with van der Waals surface area (Å²) >= 11 is 0. The Morgan fingerprint density at radius 1 is 0.400 bits per heavy atom. The lowest BCUT2D eigenvalue weighted by molar-refractivity contribution is 1.18. The average Bonchev–Trinajstić information content (AvgIpc) is 3.69. The van der Waals surface area contributed by atoms with Crippen molar-refractivity contribution in [3.8, 4) is 51.8 Å². The van der Waals surface area contributed by atoms with Crippen molar-refractivity contribution in [2.75, 3.05) is 0 Å². The first-order valence-corrected chi connectivity index (χ1v) is 16.3. The van der Waals surface area contributed by atoms with E-state index in [1.807, 2.05) is 60.7 Å². The van der Waals surface area contributed by atoms with Crippen molar-refractivity contribution >= 4 is 43.6 Å². The lowest BCUT2D eigenvalue weighted by Crippen LogP contribution is -1.99. The third-order valence-electron chi connectivity index (χ3n) is 9.64. The van der Waals surface area contributed by atoms with Crippen molar-refractivity contribution in [1.82, 2.24) is 9.13 Å². The van der Waals surface area contributed by atoms with Gasteiger partial charge in [-0.1, -0.05) is 84.9 Å². The number of rotatable bonds is 4. The molecule has 2 aromatic heterocycles. The zero-order valence-electron chi connectivity index (χ0n) is 26.7. The monoisotopic (exact) mass is 635 g/mol. The maximum absolute atomic E-state index is 10.4. The first kappa shape index (κ1) is 28.8. The first-order chi connectivity index (χ1) is 24.7. The topological polar surface area (TPSA) is 81.2 Å². The normalized spacial score (nSPS) is 11.1. The summed E-state index contributed by atoms with van der Waals surface area (Å²) < 4.78 is 4.45. The molecule has 9 aromatic rings. The molecule has 0 unspecified atom stereocenters. The van der Waals surface area contributed by atoms with E-state index in [0.29, 0.717) is 16.7 Å². The van der Waals surface area contributed by atoms with Gasteiger partial charge in [-0.25, -0.2) is 0 Å². The second-order valence-corrected chi connectivity index (χ2v) is 12.3. The van der Waals surface area contributed by atoms with Gasteiger partial charge in [0.15, 0.2) is 0 Å². The number of para-hydroxylation sites is 3. The molecule has 0 radical (unpaired) electrons. The van der Waals surface area contributed by atoms with E-state index < -0.39 is 0 Å². The van der Waals surface area contributed by atoms with Crippen molar-refractivity contribution in [2.24, 2.45) is 0 Å². The van der Waals surface area contributed by atoms with E-state index in [9.17, 15) is 15.8 Å². The molecule has 0 saturated carbocycles. The van der Waals surface area contributed by atoms with Gasteiger partial charge in [0.1, 0.15) is 0 Å². The Kier molecular flexibility index (Phi) is 6.56. The van der Waals surface area contributed by atoms with Crippen LogP contribution in [0.4, 0.5) is 0 Å². The maximum Gasteiger partial charge on any atom is 0.0998 e. The molecule has 7 aromatic carbocycles. The highest BCUT2D eigenvalue weighted by atomic mass is 15.0. The highest BCUT2D eigenvalue weighted by Crippen LogP contribution is 2.42. The summed E-state index contributed by atoms with van der Waals surface area (Å²) in [4.78, 5) is 0. The highest BCUT2D eigenvalue weighted by molar-refractivity contribution is 6.11. The molecule has 230 valence electrons. The fraction of sp³-hybridized carbons (Fsp3) is 0. The lowest BCUT2D eigenvalue weighted by Gasteiger charge is -2.18. The highest BCUT2D eigenvalue weighted by Gasteiger charge is 2.20. The molecule has 0 amide bonds. The van der Waals surface area contributed by atoms with Crippen LogP contribution in [0.25, 0.3) is 77.2 Å². The fourth-order valence-electron chi connectivity index (χ4n) is 7.47. The van der Waals surface area contributed by atoms with Crippen molar-refractivity contribution < 1.29 is 0 Å². The van der Waals surface area contributed by atoms with Gasteiger partial charge in [-0.15, -0.1) is 0 Å². The van der Waals surface area contributed by atoms with Gasteiger partial charge in [0.25, 0.3) is 0 Å². The van der Waals surface area contributed by atoms with Gasteiger partial charge in [0.2, 0.25) is 0 Å². The Morgan fingerprint density at radius 2 is 1.00 bits per heavy atom. The summed E-state index contributed by atoms with van der Waals surface area (Å²) in [6, 6.07) is 57.8. The number of hydrogen-bond donors (Lipinski definition) is 0. The minimum absolute atomic E-state index is 0.551. The molecule has 0 aliphatic heterocycles. The van der Waals surface area contributed by atoms with E-state index in [-0.39, 0.29) is 0 Å². The zero-order valence-corrected chi connectivity index (χ0v) is 26.7. The SMILES string of the molecule is N#Cc1ccc2c(c1)c1ccc(C#N)cc1n2-c1ccccc1-c1cccc(C#N)c1-c1ccc(-n2c3ccccc3c3ccccc32)cc1. The maximum atomic E-state index is 10.4. The van der Waals surface area contributed by atoms with Gasteiger partial charge < -0.3 is 9.13 Å². The molecule has 0 N–H and O–H groups in total. The third-order valence-corrected chi connectivity index (χ3v) is 9.64. The van der Waals surface area contributed by atoms with Crippen LogP contribution in [-0.4, -0.2) is 9.13 Å². The third kappa shape index (κ3) is 4.31. The number of benzene rings is 7. The van der Waals surface area contributed by atoms with E-state index in [2.05, 4.69) is 118 Å². The zero-order chi connectivity index (χ0) is 33.8. The predicted molar refractivity (Wildman–Crippen MR) is 200 cm³/mol. The number of fused-ring (bicyclic) bond motifs is 6. The average molecular weight is 636 g/mol. The molecule has 0 spiro atoms. The number of nitrogens with zero attached hydrogens (tertiary/aromatic N) is 5. The van der Waals surface area contributed by atoms with Gasteiger partial charge >= 0.3 is 0 Å². The van der Waals surface area contributed by atoms with E-state index in [1.165, 1.54) is 10.8 Å². The standard InChI is InChI=1S/C45H25N5/c46-26-29-17-23-43-39(24-29)37-22-16-30(27-47)25-44(37)50(43)42-15-6-3-11-36(42)38-12-7-8-32(28-48)45(38)31-18-20-33(21-19-31)49-40-13-4-1-9-34(40)35-10-2-5-14-41(35)49/h1-25H. The largest absolute Gasteiger partial charge is 0.309 e. The minimum atomic E-state index is 0.551. The van der Waals surface area contributed by atoms with Gasteiger partial charge in [-0.05, 0) is 77.9 Å². The summed E-state index contributed by atoms with van der Waals surface area (Å²) in [5, 5.41) is 34.2. The van der Waals surface area contributed by atoms with Crippen molar-refractivity contribution in [2.45, 2.75) is 0 Å². The van der Waals surface area contributed by atoms with Crippen molar-refractivity contribution in [3.63, 3.8) is 0 Å². The molecule has 5 nitrogen and oxygen atoms in total.